The van der Waals surface area contributed by atoms with Crippen LogP contribution in [0.1, 0.15) is 0 Å². The molecule has 0 radical (unpaired) electrons. The fraction of sp³-hybridized carbons (Fsp3) is 0.833. The van der Waals surface area contributed by atoms with E-state index in [0.29, 0.717) is 0 Å². The number of amides is 1. The third-order valence-electron chi connectivity index (χ3n) is 1.09. The molecule has 0 unspecified atom stereocenters. The van der Waals surface area contributed by atoms with Crippen LogP contribution in [0.3, 0.4) is 0 Å². The van der Waals surface area contributed by atoms with E-state index < -0.39 is 0 Å². The summed E-state index contributed by atoms with van der Waals surface area (Å²) in [4.78, 5) is 15.4. The van der Waals surface area contributed by atoms with Gasteiger partial charge in [-0.1, -0.05) is 0 Å². The van der Waals surface area contributed by atoms with Gasteiger partial charge in [-0.2, -0.15) is 0 Å². The highest BCUT2D eigenvalue weighted by Gasteiger charge is 2.06. The first-order valence-corrected chi connectivity index (χ1v) is 3.21. The van der Waals surface area contributed by atoms with Crippen LogP contribution in [0.15, 0.2) is 0 Å². The van der Waals surface area contributed by atoms with Gasteiger partial charge < -0.3 is 9.84 Å². The first-order valence-electron chi connectivity index (χ1n) is 3.21. The van der Waals surface area contributed by atoms with Gasteiger partial charge in [-0.05, 0) is 0 Å². The predicted octanol–water partition coefficient (Wildman–Crippen LogP) is -0.985. The zero-order valence-corrected chi connectivity index (χ0v) is 6.74. The summed E-state index contributed by atoms with van der Waals surface area (Å²) >= 11 is 0. The van der Waals surface area contributed by atoms with Gasteiger partial charge in [0.2, 0.25) is 0 Å². The maximum Gasteiger partial charge on any atom is 0.271 e. The van der Waals surface area contributed by atoms with E-state index in [1.54, 1.807) is 0 Å². The number of aliphatic hydroxyl groups is 1. The maximum atomic E-state index is 10.8. The molecule has 0 aromatic carbocycles. The van der Waals surface area contributed by atoms with Gasteiger partial charge in [-0.15, -0.1) is 0 Å². The summed E-state index contributed by atoms with van der Waals surface area (Å²) in [6, 6.07) is 0. The molecule has 0 aromatic rings. The SMILES string of the molecule is CON(C)C(=O)COCCO. The summed E-state index contributed by atoms with van der Waals surface area (Å²) < 4.78 is 4.75. The smallest absolute Gasteiger partial charge is 0.271 e. The highest BCUT2D eigenvalue weighted by Crippen LogP contribution is 1.85. The Morgan fingerprint density at radius 2 is 2.27 bits per heavy atom. The van der Waals surface area contributed by atoms with E-state index >= 15 is 0 Å². The minimum absolute atomic E-state index is 0.0646. The first-order chi connectivity index (χ1) is 5.22. The fourth-order valence-corrected chi connectivity index (χ4v) is 0.417. The number of ether oxygens (including phenoxy) is 1. The molecule has 0 aromatic heterocycles. The van der Waals surface area contributed by atoms with Crippen molar-refractivity contribution < 1.29 is 19.5 Å². The molecule has 1 amide bonds. The molecule has 0 heterocycles. The molecule has 1 N–H and O–H groups in total. The van der Waals surface area contributed by atoms with Crippen molar-refractivity contribution >= 4 is 5.91 Å². The molecule has 0 rings (SSSR count). The molecule has 0 saturated carbocycles. The van der Waals surface area contributed by atoms with Crippen LogP contribution in [0.4, 0.5) is 0 Å². The second kappa shape index (κ2) is 6.09. The van der Waals surface area contributed by atoms with E-state index in [1.807, 2.05) is 0 Å². The van der Waals surface area contributed by atoms with Gasteiger partial charge in [0.05, 0.1) is 20.3 Å². The van der Waals surface area contributed by atoms with E-state index in [4.69, 9.17) is 9.84 Å². The molecular formula is C6H13NO4. The van der Waals surface area contributed by atoms with Gasteiger partial charge in [0.25, 0.3) is 5.91 Å². The van der Waals surface area contributed by atoms with Gasteiger partial charge >= 0.3 is 0 Å². The van der Waals surface area contributed by atoms with Gasteiger partial charge in [-0.25, -0.2) is 5.06 Å². The normalized spacial score (nSPS) is 9.73. The Kier molecular flexibility index (Phi) is 5.73. The summed E-state index contributed by atoms with van der Waals surface area (Å²) in [6.07, 6.45) is 0. The van der Waals surface area contributed by atoms with Crippen molar-refractivity contribution in [3.05, 3.63) is 0 Å². The van der Waals surface area contributed by atoms with E-state index in [0.717, 1.165) is 5.06 Å². The van der Waals surface area contributed by atoms with Crippen LogP contribution in [-0.2, 0) is 14.4 Å². The van der Waals surface area contributed by atoms with Crippen molar-refractivity contribution in [1.82, 2.24) is 5.06 Å². The summed E-state index contributed by atoms with van der Waals surface area (Å²) in [7, 11) is 2.88. The standard InChI is InChI=1S/C6H13NO4/c1-7(10-2)6(9)5-11-4-3-8/h8H,3-5H2,1-2H3. The highest BCUT2D eigenvalue weighted by atomic mass is 16.7. The average molecular weight is 163 g/mol. The summed E-state index contributed by atoms with van der Waals surface area (Å²) in [6.45, 7) is 0.0260. The molecule has 0 aliphatic carbocycles. The Hall–Kier alpha value is -0.650. The molecule has 5 heteroatoms. The predicted molar refractivity (Wildman–Crippen MR) is 37.7 cm³/mol. The summed E-state index contributed by atoms with van der Waals surface area (Å²) in [5.74, 6) is -0.277. The second-order valence-electron chi connectivity index (χ2n) is 1.85. The molecule has 0 aliphatic heterocycles. The number of hydrogen-bond donors (Lipinski definition) is 1. The molecule has 5 nitrogen and oxygen atoms in total. The van der Waals surface area contributed by atoms with E-state index in [9.17, 15) is 4.79 Å². The van der Waals surface area contributed by atoms with Gasteiger partial charge in [-0.3, -0.25) is 9.63 Å². The molecule has 0 saturated heterocycles. The average Bonchev–Trinajstić information content (AvgIpc) is 2.03. The van der Waals surface area contributed by atoms with Crippen LogP contribution in [0.2, 0.25) is 0 Å². The number of hydrogen-bond acceptors (Lipinski definition) is 4. The number of likely N-dealkylation sites (N-methyl/N-ethyl adjacent to an activating group) is 1. The minimum atomic E-state index is -0.277. The number of rotatable bonds is 5. The highest BCUT2D eigenvalue weighted by molar-refractivity contribution is 5.75. The molecule has 0 aliphatic rings. The quantitative estimate of drug-likeness (QED) is 0.418. The largest absolute Gasteiger partial charge is 0.394 e. The Bertz CT molecular complexity index is 117. The number of carbonyl (C=O) groups is 1. The van der Waals surface area contributed by atoms with Crippen LogP contribution < -0.4 is 0 Å². The Balaban J connectivity index is 3.36. The fourth-order valence-electron chi connectivity index (χ4n) is 0.417. The molecule has 66 valence electrons. The first kappa shape index (κ1) is 10.3. The summed E-state index contributed by atoms with van der Waals surface area (Å²) in [5, 5.41) is 9.36. The van der Waals surface area contributed by atoms with Crippen LogP contribution in [0.5, 0.6) is 0 Å². The number of hydroxylamine groups is 2. The van der Waals surface area contributed by atoms with Crippen LogP contribution in [-0.4, -0.2) is 50.1 Å². The Morgan fingerprint density at radius 3 is 2.73 bits per heavy atom. The third kappa shape index (κ3) is 4.72. The van der Waals surface area contributed by atoms with E-state index in [-0.39, 0.29) is 25.7 Å². The molecule has 11 heavy (non-hydrogen) atoms. The second-order valence-corrected chi connectivity index (χ2v) is 1.85. The van der Waals surface area contributed by atoms with Crippen LogP contribution in [0, 0.1) is 0 Å². The van der Waals surface area contributed by atoms with Crippen LogP contribution in [0.25, 0.3) is 0 Å². The lowest BCUT2D eigenvalue weighted by Crippen LogP contribution is -2.29. The van der Waals surface area contributed by atoms with Crippen LogP contribution >= 0.6 is 0 Å². The van der Waals surface area contributed by atoms with Crippen molar-refractivity contribution in [1.29, 1.82) is 0 Å². The molecule has 0 spiro atoms. The zero-order chi connectivity index (χ0) is 8.69. The van der Waals surface area contributed by atoms with Crippen molar-refractivity contribution in [3.8, 4) is 0 Å². The monoisotopic (exact) mass is 163 g/mol. The van der Waals surface area contributed by atoms with E-state index in [1.165, 1.54) is 14.2 Å². The summed E-state index contributed by atoms with van der Waals surface area (Å²) in [5.41, 5.74) is 0. The lowest BCUT2D eigenvalue weighted by Gasteiger charge is -2.12. The number of nitrogens with zero attached hydrogens (tertiary/aromatic N) is 1. The maximum absolute atomic E-state index is 10.8. The topological polar surface area (TPSA) is 59.0 Å². The van der Waals surface area contributed by atoms with Crippen molar-refractivity contribution in [2.75, 3.05) is 34.0 Å². The third-order valence-corrected chi connectivity index (χ3v) is 1.09. The Morgan fingerprint density at radius 1 is 1.64 bits per heavy atom. The Labute approximate surface area is 65.5 Å². The van der Waals surface area contributed by atoms with Crippen molar-refractivity contribution in [2.45, 2.75) is 0 Å². The lowest BCUT2D eigenvalue weighted by atomic mass is 10.6. The zero-order valence-electron chi connectivity index (χ0n) is 6.74. The molecule has 0 atom stereocenters. The lowest BCUT2D eigenvalue weighted by molar-refractivity contribution is -0.173. The number of aliphatic hydroxyl groups excluding tert-OH is 1. The molecular weight excluding hydrogens is 150 g/mol. The van der Waals surface area contributed by atoms with Gasteiger partial charge in [0.15, 0.2) is 0 Å². The minimum Gasteiger partial charge on any atom is -0.394 e. The number of carbonyl (C=O) groups excluding carboxylic acids is 1. The molecule has 0 fully saturated rings. The van der Waals surface area contributed by atoms with Gasteiger partial charge in [0, 0.05) is 7.05 Å². The van der Waals surface area contributed by atoms with E-state index in [2.05, 4.69) is 4.84 Å². The van der Waals surface area contributed by atoms with Gasteiger partial charge in [0.1, 0.15) is 6.61 Å². The van der Waals surface area contributed by atoms with Crippen molar-refractivity contribution in [2.24, 2.45) is 0 Å². The van der Waals surface area contributed by atoms with Crippen molar-refractivity contribution in [3.63, 3.8) is 0 Å². The molecule has 0 bridgehead atoms.